The van der Waals surface area contributed by atoms with Crippen molar-refractivity contribution >= 4 is 18.9 Å². The van der Waals surface area contributed by atoms with Crippen LogP contribution in [-0.4, -0.2) is 22.4 Å². The smallest absolute Gasteiger partial charge is 0.511 e. The Bertz CT molecular complexity index is 281. The summed E-state index contributed by atoms with van der Waals surface area (Å²) in [6, 6.07) is 1.56. The normalized spacial score (nSPS) is 9.67. The van der Waals surface area contributed by atoms with Gasteiger partial charge in [-0.25, -0.2) is 4.98 Å². The first-order valence-electron chi connectivity index (χ1n) is 3.24. The highest BCUT2D eigenvalue weighted by Crippen LogP contribution is 2.17. The average molecular weight is 187 g/mol. The summed E-state index contributed by atoms with van der Waals surface area (Å²) in [5, 5.41) is 17.2. The molecular formula is C6H7BClNO3. The summed E-state index contributed by atoms with van der Waals surface area (Å²) in [4.78, 5) is 3.75. The van der Waals surface area contributed by atoms with Gasteiger partial charge in [0.25, 0.3) is 0 Å². The quantitative estimate of drug-likeness (QED) is 0.519. The highest BCUT2D eigenvalue weighted by atomic mass is 35.5. The van der Waals surface area contributed by atoms with Crippen LogP contribution in [0.1, 0.15) is 5.56 Å². The Balaban J connectivity index is 2.82. The van der Waals surface area contributed by atoms with Crippen LogP contribution in [-0.2, 0) is 0 Å². The number of hydrogen-bond acceptors (Lipinski definition) is 4. The van der Waals surface area contributed by atoms with Gasteiger partial charge in [0.2, 0.25) is 0 Å². The lowest BCUT2D eigenvalue weighted by molar-refractivity contribution is 0.287. The SMILES string of the molecule is Cc1cc(OB(O)O)cnc1Cl. The fourth-order valence-electron chi connectivity index (χ4n) is 0.718. The van der Waals surface area contributed by atoms with E-state index in [0.29, 0.717) is 5.15 Å². The monoisotopic (exact) mass is 187 g/mol. The topological polar surface area (TPSA) is 62.6 Å². The summed E-state index contributed by atoms with van der Waals surface area (Å²) in [6.07, 6.45) is 1.31. The standard InChI is InChI=1S/C6H7BClNO3/c1-4-2-5(12-7(10)11)3-9-6(4)8/h2-3,10-11H,1H3. The molecule has 6 heteroatoms. The number of aryl methyl sites for hydroxylation is 1. The van der Waals surface area contributed by atoms with Crippen LogP contribution in [0.15, 0.2) is 12.3 Å². The number of pyridine rings is 1. The van der Waals surface area contributed by atoms with Crippen molar-refractivity contribution in [2.24, 2.45) is 0 Å². The van der Waals surface area contributed by atoms with E-state index in [1.54, 1.807) is 13.0 Å². The van der Waals surface area contributed by atoms with Gasteiger partial charge in [-0.15, -0.1) is 0 Å². The van der Waals surface area contributed by atoms with Gasteiger partial charge < -0.3 is 14.7 Å². The molecule has 0 atom stereocenters. The molecule has 0 saturated carbocycles. The molecule has 0 bridgehead atoms. The lowest BCUT2D eigenvalue weighted by atomic mass is 10.2. The van der Waals surface area contributed by atoms with Crippen molar-refractivity contribution in [3.8, 4) is 5.75 Å². The number of aromatic nitrogens is 1. The van der Waals surface area contributed by atoms with Gasteiger partial charge in [-0.05, 0) is 18.6 Å². The highest BCUT2D eigenvalue weighted by Gasteiger charge is 2.11. The molecule has 1 heterocycles. The minimum Gasteiger partial charge on any atom is -0.511 e. The minimum atomic E-state index is -1.83. The molecule has 0 saturated heterocycles. The number of rotatable bonds is 2. The van der Waals surface area contributed by atoms with E-state index in [2.05, 4.69) is 9.64 Å². The first-order valence-corrected chi connectivity index (χ1v) is 3.62. The third-order valence-corrected chi connectivity index (χ3v) is 1.63. The van der Waals surface area contributed by atoms with Crippen molar-refractivity contribution in [2.45, 2.75) is 6.92 Å². The molecule has 0 spiro atoms. The van der Waals surface area contributed by atoms with E-state index >= 15 is 0 Å². The van der Waals surface area contributed by atoms with Crippen molar-refractivity contribution in [3.63, 3.8) is 0 Å². The van der Waals surface area contributed by atoms with Gasteiger partial charge in [0.05, 0.1) is 6.20 Å². The summed E-state index contributed by atoms with van der Waals surface area (Å²) >= 11 is 5.63. The van der Waals surface area contributed by atoms with Gasteiger partial charge in [0.15, 0.2) is 0 Å². The fraction of sp³-hybridized carbons (Fsp3) is 0.167. The Hall–Kier alpha value is -0.775. The molecule has 64 valence electrons. The van der Waals surface area contributed by atoms with Crippen molar-refractivity contribution in [3.05, 3.63) is 23.0 Å². The molecule has 0 unspecified atom stereocenters. The van der Waals surface area contributed by atoms with Gasteiger partial charge in [-0.3, -0.25) is 0 Å². The lowest BCUT2D eigenvalue weighted by Crippen LogP contribution is -2.20. The van der Waals surface area contributed by atoms with Gasteiger partial charge in [-0.1, -0.05) is 11.6 Å². The molecule has 0 radical (unpaired) electrons. The third-order valence-electron chi connectivity index (χ3n) is 1.23. The van der Waals surface area contributed by atoms with E-state index in [1.165, 1.54) is 6.20 Å². The van der Waals surface area contributed by atoms with Crippen LogP contribution in [0, 0.1) is 6.92 Å². The zero-order valence-corrected chi connectivity index (χ0v) is 7.12. The minimum absolute atomic E-state index is 0.270. The fourth-order valence-corrected chi connectivity index (χ4v) is 0.822. The van der Waals surface area contributed by atoms with Gasteiger partial charge in [-0.2, -0.15) is 0 Å². The van der Waals surface area contributed by atoms with Gasteiger partial charge in [0, 0.05) is 0 Å². The van der Waals surface area contributed by atoms with E-state index in [4.69, 9.17) is 21.6 Å². The summed E-state index contributed by atoms with van der Waals surface area (Å²) in [7, 11) is -1.83. The molecular weight excluding hydrogens is 180 g/mol. The maximum Gasteiger partial charge on any atom is 0.707 e. The Kier molecular flexibility index (Phi) is 2.91. The number of nitrogens with zero attached hydrogens (tertiary/aromatic N) is 1. The second kappa shape index (κ2) is 3.75. The lowest BCUT2D eigenvalue weighted by Gasteiger charge is -2.04. The van der Waals surface area contributed by atoms with Crippen molar-refractivity contribution in [2.75, 3.05) is 0 Å². The van der Waals surface area contributed by atoms with Crippen LogP contribution in [0.25, 0.3) is 0 Å². The molecule has 0 aliphatic heterocycles. The number of halogens is 1. The summed E-state index contributed by atoms with van der Waals surface area (Å²) < 4.78 is 4.54. The molecule has 2 N–H and O–H groups in total. The van der Waals surface area contributed by atoms with Crippen LogP contribution in [0.2, 0.25) is 5.15 Å². The predicted molar refractivity (Wildman–Crippen MR) is 44.8 cm³/mol. The largest absolute Gasteiger partial charge is 0.707 e. The van der Waals surface area contributed by atoms with Crippen molar-refractivity contribution < 1.29 is 14.7 Å². The second-order valence-electron chi connectivity index (χ2n) is 2.22. The molecule has 0 aliphatic carbocycles. The second-order valence-corrected chi connectivity index (χ2v) is 2.58. The predicted octanol–water partition coefficient (Wildman–Crippen LogP) is 0.392. The zero-order valence-electron chi connectivity index (χ0n) is 6.36. The summed E-state index contributed by atoms with van der Waals surface area (Å²) in [5.41, 5.74) is 0.717. The molecule has 0 aliphatic rings. The number of hydrogen-bond donors (Lipinski definition) is 2. The van der Waals surface area contributed by atoms with E-state index < -0.39 is 7.32 Å². The Morgan fingerprint density at radius 1 is 1.58 bits per heavy atom. The van der Waals surface area contributed by atoms with Gasteiger partial charge >= 0.3 is 7.32 Å². The summed E-state index contributed by atoms with van der Waals surface area (Å²) in [5.74, 6) is 0.270. The zero-order chi connectivity index (χ0) is 9.14. The maximum absolute atomic E-state index is 8.44. The molecule has 0 aromatic carbocycles. The van der Waals surface area contributed by atoms with Gasteiger partial charge in [0.1, 0.15) is 10.9 Å². The summed E-state index contributed by atoms with van der Waals surface area (Å²) in [6.45, 7) is 1.74. The first-order chi connectivity index (χ1) is 5.59. The molecule has 1 rings (SSSR count). The van der Waals surface area contributed by atoms with E-state index in [0.717, 1.165) is 5.56 Å². The average Bonchev–Trinajstić information content (AvgIpc) is 1.96. The van der Waals surface area contributed by atoms with E-state index in [1.807, 2.05) is 0 Å². The molecule has 12 heavy (non-hydrogen) atoms. The van der Waals surface area contributed by atoms with Crippen molar-refractivity contribution in [1.82, 2.24) is 4.98 Å². The first kappa shape index (κ1) is 9.31. The van der Waals surface area contributed by atoms with E-state index in [-0.39, 0.29) is 5.75 Å². The van der Waals surface area contributed by atoms with Crippen LogP contribution >= 0.6 is 11.6 Å². The van der Waals surface area contributed by atoms with Crippen LogP contribution < -0.4 is 4.65 Å². The van der Waals surface area contributed by atoms with E-state index in [9.17, 15) is 0 Å². The molecule has 1 aromatic rings. The Morgan fingerprint density at radius 3 is 2.75 bits per heavy atom. The highest BCUT2D eigenvalue weighted by molar-refractivity contribution is 6.33. The van der Waals surface area contributed by atoms with Crippen LogP contribution in [0.4, 0.5) is 0 Å². The Morgan fingerprint density at radius 2 is 2.25 bits per heavy atom. The third kappa shape index (κ3) is 2.37. The molecule has 1 aromatic heterocycles. The maximum atomic E-state index is 8.44. The molecule has 0 fully saturated rings. The van der Waals surface area contributed by atoms with Crippen molar-refractivity contribution in [1.29, 1.82) is 0 Å². The molecule has 0 amide bonds. The molecule has 4 nitrogen and oxygen atoms in total. The van der Waals surface area contributed by atoms with Crippen LogP contribution in [0.3, 0.4) is 0 Å². The Labute approximate surface area is 74.9 Å². The van der Waals surface area contributed by atoms with Crippen LogP contribution in [0.5, 0.6) is 5.75 Å².